The molecular weight excluding hydrogens is 685 g/mol. The molecule has 5 heteroatoms. The van der Waals surface area contributed by atoms with Crippen LogP contribution in [0.1, 0.15) is 0 Å². The Hall–Kier alpha value is -7.63. The van der Waals surface area contributed by atoms with Crippen LogP contribution in [0, 0.1) is 0 Å². The summed E-state index contributed by atoms with van der Waals surface area (Å²) in [6.07, 6.45) is 0. The Bertz CT molecular complexity index is 3460. The molecule has 9 aromatic carbocycles. The van der Waals surface area contributed by atoms with Crippen LogP contribution in [0.3, 0.4) is 0 Å². The van der Waals surface area contributed by atoms with E-state index in [1.165, 1.54) is 32.3 Å². The number of para-hydroxylation sites is 2. The third-order valence-corrected chi connectivity index (χ3v) is 11.2. The summed E-state index contributed by atoms with van der Waals surface area (Å²) in [6.45, 7) is 0. The van der Waals surface area contributed by atoms with Gasteiger partial charge in [-0.3, -0.25) is 0 Å². The van der Waals surface area contributed by atoms with E-state index in [0.29, 0.717) is 17.5 Å². The Morgan fingerprint density at radius 2 is 0.875 bits per heavy atom. The molecule has 0 spiro atoms. The van der Waals surface area contributed by atoms with E-state index in [4.69, 9.17) is 19.4 Å². The molecule has 0 saturated carbocycles. The SMILES string of the molecule is c1ccc2cc(-c3nc(-c4ccc5ccccc5c4)nc(-c4cc(-n5c6ccccc6c6c7ccccc7ccc65)c5c(c4)oc4ccccc45)n3)ccc2c1. The van der Waals surface area contributed by atoms with Crippen LogP contribution in [0.4, 0.5) is 0 Å². The lowest BCUT2D eigenvalue weighted by Gasteiger charge is -2.13. The fourth-order valence-electron chi connectivity index (χ4n) is 8.56. The van der Waals surface area contributed by atoms with Crippen LogP contribution in [-0.4, -0.2) is 19.5 Å². The van der Waals surface area contributed by atoms with Crippen molar-refractivity contribution in [1.82, 2.24) is 19.5 Å². The average Bonchev–Trinajstić information content (AvgIpc) is 3.82. The maximum Gasteiger partial charge on any atom is 0.164 e. The molecule has 0 atom stereocenters. The Labute approximate surface area is 320 Å². The van der Waals surface area contributed by atoms with Crippen molar-refractivity contribution in [2.24, 2.45) is 0 Å². The van der Waals surface area contributed by atoms with Crippen molar-refractivity contribution in [3.63, 3.8) is 0 Å². The molecule has 0 bridgehead atoms. The van der Waals surface area contributed by atoms with Crippen LogP contribution in [0.2, 0.25) is 0 Å². The van der Waals surface area contributed by atoms with E-state index in [2.05, 4.69) is 174 Å². The number of fused-ring (bicyclic) bond motifs is 10. The Kier molecular flexibility index (Phi) is 6.56. The lowest BCUT2D eigenvalue weighted by molar-refractivity contribution is 0.669. The number of aromatic nitrogens is 4. The fraction of sp³-hybridized carbons (Fsp3) is 0. The smallest absolute Gasteiger partial charge is 0.164 e. The van der Waals surface area contributed by atoms with Gasteiger partial charge in [-0.2, -0.15) is 0 Å². The number of nitrogens with zero attached hydrogens (tertiary/aromatic N) is 4. The fourth-order valence-corrected chi connectivity index (χ4v) is 8.56. The van der Waals surface area contributed by atoms with Gasteiger partial charge in [-0.1, -0.05) is 140 Å². The monoisotopic (exact) mass is 714 g/mol. The van der Waals surface area contributed by atoms with Crippen LogP contribution in [-0.2, 0) is 0 Å². The molecule has 12 aromatic rings. The third kappa shape index (κ3) is 4.71. The van der Waals surface area contributed by atoms with E-state index in [-0.39, 0.29) is 0 Å². The second-order valence-electron chi connectivity index (χ2n) is 14.4. The van der Waals surface area contributed by atoms with Gasteiger partial charge in [0.05, 0.1) is 22.1 Å². The van der Waals surface area contributed by atoms with Gasteiger partial charge in [0.2, 0.25) is 0 Å². The first kappa shape index (κ1) is 30.8. The minimum Gasteiger partial charge on any atom is -0.456 e. The molecule has 0 N–H and O–H groups in total. The first-order valence-corrected chi connectivity index (χ1v) is 18.8. The van der Waals surface area contributed by atoms with Gasteiger partial charge in [0.25, 0.3) is 0 Å². The van der Waals surface area contributed by atoms with Crippen molar-refractivity contribution < 1.29 is 4.42 Å². The average molecular weight is 715 g/mol. The predicted molar refractivity (Wildman–Crippen MR) is 230 cm³/mol. The van der Waals surface area contributed by atoms with Crippen molar-refractivity contribution >= 4 is 76.1 Å². The van der Waals surface area contributed by atoms with Gasteiger partial charge in [0.15, 0.2) is 17.5 Å². The summed E-state index contributed by atoms with van der Waals surface area (Å²) in [5, 5.41) is 11.5. The molecule has 0 fully saturated rings. The zero-order valence-electron chi connectivity index (χ0n) is 30.0. The summed E-state index contributed by atoms with van der Waals surface area (Å²) in [5.41, 5.74) is 7.53. The molecule has 0 unspecified atom stereocenters. The number of hydrogen-bond acceptors (Lipinski definition) is 4. The molecule has 0 amide bonds. The molecule has 0 aliphatic rings. The number of furan rings is 1. The highest BCUT2D eigenvalue weighted by molar-refractivity contribution is 6.22. The zero-order chi connectivity index (χ0) is 36.7. The van der Waals surface area contributed by atoms with E-state index in [1.807, 2.05) is 12.1 Å². The highest BCUT2D eigenvalue weighted by atomic mass is 16.3. The molecule has 0 radical (unpaired) electrons. The molecular formula is C51H30N4O. The van der Waals surface area contributed by atoms with Crippen LogP contribution in [0.15, 0.2) is 186 Å². The molecule has 0 aliphatic carbocycles. The minimum absolute atomic E-state index is 0.571. The maximum atomic E-state index is 6.69. The molecule has 3 aromatic heterocycles. The highest BCUT2D eigenvalue weighted by Crippen LogP contribution is 2.42. The summed E-state index contributed by atoms with van der Waals surface area (Å²) >= 11 is 0. The van der Waals surface area contributed by atoms with Crippen LogP contribution in [0.5, 0.6) is 0 Å². The van der Waals surface area contributed by atoms with Gasteiger partial charge in [-0.05, 0) is 74.8 Å². The normalized spacial score (nSPS) is 11.9. The van der Waals surface area contributed by atoms with E-state index in [0.717, 1.165) is 66.1 Å². The van der Waals surface area contributed by atoms with Crippen LogP contribution >= 0.6 is 0 Å². The summed E-state index contributed by atoms with van der Waals surface area (Å²) in [6, 6.07) is 63.9. The highest BCUT2D eigenvalue weighted by Gasteiger charge is 2.22. The number of benzene rings is 9. The quantitative estimate of drug-likeness (QED) is 0.182. The molecule has 56 heavy (non-hydrogen) atoms. The van der Waals surface area contributed by atoms with Crippen molar-refractivity contribution in [3.8, 4) is 39.9 Å². The molecule has 3 heterocycles. The van der Waals surface area contributed by atoms with E-state index in [1.54, 1.807) is 0 Å². The number of hydrogen-bond donors (Lipinski definition) is 0. The van der Waals surface area contributed by atoms with E-state index < -0.39 is 0 Å². The summed E-state index contributed by atoms with van der Waals surface area (Å²) in [4.78, 5) is 15.6. The van der Waals surface area contributed by atoms with Gasteiger partial charge < -0.3 is 8.98 Å². The van der Waals surface area contributed by atoms with Gasteiger partial charge in [0, 0.05) is 32.8 Å². The van der Waals surface area contributed by atoms with Crippen molar-refractivity contribution in [2.45, 2.75) is 0 Å². The Morgan fingerprint density at radius 1 is 0.339 bits per heavy atom. The Morgan fingerprint density at radius 3 is 1.57 bits per heavy atom. The Balaban J connectivity index is 1.17. The summed E-state index contributed by atoms with van der Waals surface area (Å²) in [5.74, 6) is 1.79. The standard InChI is InChI=1S/C51H30N4O/c1-3-14-34-27-36(23-21-31(34)11-1)49-52-50(37-24-22-32-12-2-4-15-35(32)28-37)54-51(53-49)38-29-44(48-41-18-8-10-20-45(41)56-46(48)30-38)55-42-19-9-7-17-40(42)47-39-16-6-5-13-33(39)25-26-43(47)55/h1-30H. The van der Waals surface area contributed by atoms with Gasteiger partial charge >= 0.3 is 0 Å². The van der Waals surface area contributed by atoms with Crippen LogP contribution in [0.25, 0.3) is 116 Å². The van der Waals surface area contributed by atoms with Crippen LogP contribution < -0.4 is 0 Å². The molecule has 0 aliphatic heterocycles. The molecule has 12 rings (SSSR count). The zero-order valence-corrected chi connectivity index (χ0v) is 30.0. The summed E-state index contributed by atoms with van der Waals surface area (Å²) < 4.78 is 9.08. The van der Waals surface area contributed by atoms with Crippen molar-refractivity contribution in [1.29, 1.82) is 0 Å². The van der Waals surface area contributed by atoms with Crippen molar-refractivity contribution in [2.75, 3.05) is 0 Å². The first-order chi connectivity index (χ1) is 27.7. The molecule has 0 saturated heterocycles. The maximum absolute atomic E-state index is 6.69. The second-order valence-corrected chi connectivity index (χ2v) is 14.4. The molecule has 260 valence electrons. The van der Waals surface area contributed by atoms with E-state index in [9.17, 15) is 0 Å². The lowest BCUT2D eigenvalue weighted by Crippen LogP contribution is -2.01. The number of rotatable bonds is 4. The van der Waals surface area contributed by atoms with Gasteiger partial charge in [-0.15, -0.1) is 0 Å². The lowest BCUT2D eigenvalue weighted by atomic mass is 10.0. The second kappa shape index (κ2) is 11.9. The first-order valence-electron chi connectivity index (χ1n) is 18.8. The van der Waals surface area contributed by atoms with Gasteiger partial charge in [0.1, 0.15) is 11.2 Å². The molecule has 5 nitrogen and oxygen atoms in total. The van der Waals surface area contributed by atoms with Gasteiger partial charge in [-0.25, -0.2) is 15.0 Å². The largest absolute Gasteiger partial charge is 0.456 e. The predicted octanol–water partition coefficient (Wildman–Crippen LogP) is 13.3. The topological polar surface area (TPSA) is 56.7 Å². The third-order valence-electron chi connectivity index (χ3n) is 11.2. The summed E-state index contributed by atoms with van der Waals surface area (Å²) in [7, 11) is 0. The minimum atomic E-state index is 0.571. The van der Waals surface area contributed by atoms with Crippen molar-refractivity contribution in [3.05, 3.63) is 182 Å². The van der Waals surface area contributed by atoms with E-state index >= 15 is 0 Å².